The van der Waals surface area contributed by atoms with Crippen molar-refractivity contribution in [2.75, 3.05) is 13.7 Å². The van der Waals surface area contributed by atoms with Gasteiger partial charge in [0, 0.05) is 0 Å². The third-order valence-electron chi connectivity index (χ3n) is 5.12. The van der Waals surface area contributed by atoms with Gasteiger partial charge in [-0.2, -0.15) is 10.2 Å². The van der Waals surface area contributed by atoms with Crippen LogP contribution in [0.15, 0.2) is 79.4 Å². The van der Waals surface area contributed by atoms with E-state index in [4.69, 9.17) is 9.47 Å². The molecular formula is C26H21N3O3. The minimum atomic E-state index is -0.435. The lowest BCUT2D eigenvalue weighted by molar-refractivity contribution is 0.0602. The highest BCUT2D eigenvalue weighted by Gasteiger charge is 2.19. The predicted octanol–water partition coefficient (Wildman–Crippen LogP) is 4.97. The van der Waals surface area contributed by atoms with E-state index in [0.717, 1.165) is 16.7 Å². The summed E-state index contributed by atoms with van der Waals surface area (Å²) < 4.78 is 12.6. The largest absolute Gasteiger partial charge is 0.465 e. The summed E-state index contributed by atoms with van der Waals surface area (Å²) in [6.07, 6.45) is 1.65. The number of hydrogen-bond donors (Lipinski definition) is 0. The molecule has 1 aromatic heterocycles. The maximum absolute atomic E-state index is 12.4. The molecule has 0 spiro atoms. The van der Waals surface area contributed by atoms with E-state index in [1.807, 2.05) is 53.1 Å². The first-order chi connectivity index (χ1) is 15.7. The fraction of sp³-hybridized carbons (Fsp3) is 0.115. The van der Waals surface area contributed by atoms with Crippen LogP contribution in [0.2, 0.25) is 0 Å². The molecule has 32 heavy (non-hydrogen) atoms. The van der Waals surface area contributed by atoms with Crippen molar-refractivity contribution >= 4 is 17.0 Å². The van der Waals surface area contributed by atoms with E-state index >= 15 is 0 Å². The van der Waals surface area contributed by atoms with Gasteiger partial charge in [0.1, 0.15) is 6.61 Å². The summed E-state index contributed by atoms with van der Waals surface area (Å²) in [4.78, 5) is 16.9. The van der Waals surface area contributed by atoms with E-state index in [2.05, 4.69) is 17.6 Å². The molecule has 6 nitrogen and oxygen atoms in total. The third-order valence-corrected chi connectivity index (χ3v) is 5.12. The Kier molecular flexibility index (Phi) is 6.00. The van der Waals surface area contributed by atoms with E-state index in [9.17, 15) is 10.1 Å². The lowest BCUT2D eigenvalue weighted by atomic mass is 9.99. The van der Waals surface area contributed by atoms with Gasteiger partial charge in [0.05, 0.1) is 41.9 Å². The van der Waals surface area contributed by atoms with Gasteiger partial charge >= 0.3 is 5.97 Å². The molecule has 0 bridgehead atoms. The predicted molar refractivity (Wildman–Crippen MR) is 122 cm³/mol. The molecule has 0 saturated heterocycles. The first-order valence-electron chi connectivity index (χ1n) is 10.1. The quantitative estimate of drug-likeness (QED) is 0.310. The molecule has 6 heteroatoms. The van der Waals surface area contributed by atoms with Crippen LogP contribution in [0.1, 0.15) is 21.5 Å². The van der Waals surface area contributed by atoms with Crippen molar-refractivity contribution in [3.8, 4) is 23.2 Å². The number of aromatic nitrogens is 2. The number of rotatable bonds is 7. The van der Waals surface area contributed by atoms with Gasteiger partial charge in [-0.15, -0.1) is 0 Å². The SMILES string of the molecule is C=CCOc1nc2cccc(C(=O)OC)c2n1Cc1ccc(-c2ccccc2C#N)cc1. The first kappa shape index (κ1) is 20.9. The molecule has 0 saturated carbocycles. The van der Waals surface area contributed by atoms with Crippen LogP contribution in [0.4, 0.5) is 0 Å². The molecule has 3 aromatic carbocycles. The van der Waals surface area contributed by atoms with Crippen molar-refractivity contribution in [1.82, 2.24) is 9.55 Å². The van der Waals surface area contributed by atoms with Gasteiger partial charge in [-0.3, -0.25) is 4.57 Å². The molecule has 4 rings (SSSR count). The summed E-state index contributed by atoms with van der Waals surface area (Å²) in [6.45, 7) is 4.43. The topological polar surface area (TPSA) is 77.1 Å². The molecular weight excluding hydrogens is 402 g/mol. The number of methoxy groups -OCH3 is 1. The van der Waals surface area contributed by atoms with Crippen LogP contribution >= 0.6 is 0 Å². The van der Waals surface area contributed by atoms with Gasteiger partial charge in [-0.05, 0) is 34.9 Å². The average molecular weight is 423 g/mol. The standard InChI is InChI=1S/C26H21N3O3/c1-3-15-32-26-28-23-10-6-9-22(25(30)31-2)24(23)29(26)17-18-11-13-19(14-12-18)21-8-5-4-7-20(21)16-27/h3-14H,1,15,17H2,2H3. The Hall–Kier alpha value is -4.37. The number of esters is 1. The summed E-state index contributed by atoms with van der Waals surface area (Å²) in [7, 11) is 1.36. The smallest absolute Gasteiger partial charge is 0.340 e. The molecule has 0 aliphatic heterocycles. The number of nitrogens with zero attached hydrogens (tertiary/aromatic N) is 3. The van der Waals surface area contributed by atoms with Crippen molar-refractivity contribution < 1.29 is 14.3 Å². The van der Waals surface area contributed by atoms with E-state index in [0.29, 0.717) is 41.3 Å². The maximum atomic E-state index is 12.4. The number of ether oxygens (including phenoxy) is 2. The Bertz CT molecular complexity index is 1330. The molecule has 158 valence electrons. The second kappa shape index (κ2) is 9.19. The number of benzene rings is 3. The number of carbonyl (C=O) groups excluding carboxylic acids is 1. The molecule has 0 fully saturated rings. The lowest BCUT2D eigenvalue weighted by Crippen LogP contribution is -2.09. The normalized spacial score (nSPS) is 10.5. The van der Waals surface area contributed by atoms with Gasteiger partial charge in [0.2, 0.25) is 0 Å². The van der Waals surface area contributed by atoms with Gasteiger partial charge in [0.15, 0.2) is 0 Å². The number of carbonyl (C=O) groups is 1. The molecule has 0 radical (unpaired) electrons. The zero-order chi connectivity index (χ0) is 22.5. The molecule has 0 unspecified atom stereocenters. The van der Waals surface area contributed by atoms with Gasteiger partial charge in [-0.25, -0.2) is 4.79 Å². The summed E-state index contributed by atoms with van der Waals surface area (Å²) in [5, 5.41) is 9.38. The fourth-order valence-electron chi connectivity index (χ4n) is 3.63. The van der Waals surface area contributed by atoms with Crippen LogP contribution in [-0.4, -0.2) is 29.2 Å². The second-order valence-corrected chi connectivity index (χ2v) is 7.10. The van der Waals surface area contributed by atoms with Gasteiger partial charge in [0.25, 0.3) is 6.01 Å². The Morgan fingerprint density at radius 2 is 1.91 bits per heavy atom. The van der Waals surface area contributed by atoms with Crippen molar-refractivity contribution in [2.24, 2.45) is 0 Å². The van der Waals surface area contributed by atoms with Crippen molar-refractivity contribution in [1.29, 1.82) is 5.26 Å². The maximum Gasteiger partial charge on any atom is 0.340 e. The summed E-state index contributed by atoms with van der Waals surface area (Å²) >= 11 is 0. The minimum absolute atomic E-state index is 0.292. The Morgan fingerprint density at radius 3 is 2.62 bits per heavy atom. The highest BCUT2D eigenvalue weighted by atomic mass is 16.5. The number of fused-ring (bicyclic) bond motifs is 1. The molecule has 0 amide bonds. The molecule has 0 atom stereocenters. The van der Waals surface area contributed by atoms with Crippen LogP contribution in [0, 0.1) is 11.3 Å². The van der Waals surface area contributed by atoms with Crippen molar-refractivity contribution in [3.05, 3.63) is 96.1 Å². The molecule has 0 aliphatic carbocycles. The van der Waals surface area contributed by atoms with Crippen LogP contribution < -0.4 is 4.74 Å². The summed E-state index contributed by atoms with van der Waals surface area (Å²) in [5.74, 6) is -0.435. The zero-order valence-corrected chi connectivity index (χ0v) is 17.6. The Morgan fingerprint density at radius 1 is 1.12 bits per heavy atom. The van der Waals surface area contributed by atoms with Gasteiger partial charge in [-0.1, -0.05) is 61.2 Å². The fourth-order valence-corrected chi connectivity index (χ4v) is 3.63. The number of imidazole rings is 1. The number of hydrogen-bond acceptors (Lipinski definition) is 5. The van der Waals surface area contributed by atoms with Crippen molar-refractivity contribution in [2.45, 2.75) is 6.54 Å². The minimum Gasteiger partial charge on any atom is -0.465 e. The van der Waals surface area contributed by atoms with Crippen LogP contribution in [-0.2, 0) is 11.3 Å². The zero-order valence-electron chi connectivity index (χ0n) is 17.6. The van der Waals surface area contributed by atoms with Crippen LogP contribution in [0.3, 0.4) is 0 Å². The highest BCUT2D eigenvalue weighted by molar-refractivity contribution is 6.02. The van der Waals surface area contributed by atoms with E-state index < -0.39 is 5.97 Å². The van der Waals surface area contributed by atoms with Gasteiger partial charge < -0.3 is 9.47 Å². The van der Waals surface area contributed by atoms with E-state index in [1.165, 1.54) is 7.11 Å². The molecule has 0 N–H and O–H groups in total. The lowest BCUT2D eigenvalue weighted by Gasteiger charge is -2.12. The number of nitriles is 1. The summed E-state index contributed by atoms with van der Waals surface area (Å²) in [6, 6.07) is 23.4. The number of para-hydroxylation sites is 1. The molecule has 0 aliphatic rings. The molecule has 1 heterocycles. The monoisotopic (exact) mass is 423 g/mol. The van der Waals surface area contributed by atoms with E-state index in [1.54, 1.807) is 24.3 Å². The van der Waals surface area contributed by atoms with Crippen LogP contribution in [0.5, 0.6) is 6.01 Å². The average Bonchev–Trinajstić information content (AvgIpc) is 3.19. The third kappa shape index (κ3) is 3.96. The van der Waals surface area contributed by atoms with Crippen molar-refractivity contribution in [3.63, 3.8) is 0 Å². The second-order valence-electron chi connectivity index (χ2n) is 7.10. The summed E-state index contributed by atoms with van der Waals surface area (Å²) in [5.41, 5.74) is 5.18. The first-order valence-corrected chi connectivity index (χ1v) is 10.1. The molecule has 4 aromatic rings. The highest BCUT2D eigenvalue weighted by Crippen LogP contribution is 2.28. The van der Waals surface area contributed by atoms with Crippen LogP contribution in [0.25, 0.3) is 22.2 Å². The Balaban J connectivity index is 1.75. The Labute approximate surface area is 186 Å². The van der Waals surface area contributed by atoms with E-state index in [-0.39, 0.29) is 0 Å².